The predicted octanol–water partition coefficient (Wildman–Crippen LogP) is 2.30. The van der Waals surface area contributed by atoms with Crippen LogP contribution in [0.3, 0.4) is 0 Å². The number of halogens is 1. The molecule has 2 nitrogen and oxygen atoms in total. The molecule has 0 bridgehead atoms. The molecule has 0 radical (unpaired) electrons. The van der Waals surface area contributed by atoms with Crippen LogP contribution in [-0.2, 0) is 10.2 Å². The van der Waals surface area contributed by atoms with Crippen LogP contribution < -0.4 is 5.32 Å². The van der Waals surface area contributed by atoms with E-state index in [0.717, 1.165) is 12.0 Å². The van der Waals surface area contributed by atoms with Gasteiger partial charge in [-0.05, 0) is 38.3 Å². The maximum Gasteiger partial charge on any atom is 0.230 e. The monoisotopic (exact) mass is 221 g/mol. The van der Waals surface area contributed by atoms with Gasteiger partial charge in [-0.25, -0.2) is 4.39 Å². The third kappa shape index (κ3) is 1.70. The molecule has 1 aromatic carbocycles. The molecule has 3 heteroatoms. The fourth-order valence-corrected chi connectivity index (χ4v) is 2.28. The highest BCUT2D eigenvalue weighted by Crippen LogP contribution is 2.33. The van der Waals surface area contributed by atoms with Crippen molar-refractivity contribution in [3.8, 4) is 0 Å². The SMILES string of the molecule is Cc1ccc(C2(C)CCCNC2=O)c(F)c1. The third-order valence-corrected chi connectivity index (χ3v) is 3.36. The lowest BCUT2D eigenvalue weighted by molar-refractivity contribution is -0.128. The molecule has 16 heavy (non-hydrogen) atoms. The molecule has 1 atom stereocenters. The first-order chi connectivity index (χ1) is 7.54. The van der Waals surface area contributed by atoms with E-state index in [1.165, 1.54) is 6.07 Å². The molecule has 2 rings (SSSR count). The molecule has 1 N–H and O–H groups in total. The van der Waals surface area contributed by atoms with Gasteiger partial charge in [0.15, 0.2) is 0 Å². The summed E-state index contributed by atoms with van der Waals surface area (Å²) in [6.45, 7) is 4.35. The molecule has 86 valence electrons. The van der Waals surface area contributed by atoms with Crippen LogP contribution in [-0.4, -0.2) is 12.5 Å². The number of benzene rings is 1. The van der Waals surface area contributed by atoms with Gasteiger partial charge < -0.3 is 5.32 Å². The minimum Gasteiger partial charge on any atom is -0.355 e. The van der Waals surface area contributed by atoms with Crippen LogP contribution in [0, 0.1) is 12.7 Å². The van der Waals surface area contributed by atoms with Crippen molar-refractivity contribution in [1.29, 1.82) is 0 Å². The van der Waals surface area contributed by atoms with Gasteiger partial charge in [0.25, 0.3) is 0 Å². The second-order valence-corrected chi connectivity index (χ2v) is 4.67. The average Bonchev–Trinajstić information content (AvgIpc) is 2.22. The number of hydrogen-bond donors (Lipinski definition) is 1. The van der Waals surface area contributed by atoms with E-state index in [0.29, 0.717) is 18.5 Å². The molecule has 1 aromatic rings. The molecule has 0 aromatic heterocycles. The van der Waals surface area contributed by atoms with Crippen molar-refractivity contribution in [2.75, 3.05) is 6.54 Å². The van der Waals surface area contributed by atoms with E-state index >= 15 is 0 Å². The topological polar surface area (TPSA) is 29.1 Å². The Balaban J connectivity index is 2.45. The van der Waals surface area contributed by atoms with Crippen molar-refractivity contribution >= 4 is 5.91 Å². The average molecular weight is 221 g/mol. The second-order valence-electron chi connectivity index (χ2n) is 4.67. The van der Waals surface area contributed by atoms with E-state index in [9.17, 15) is 9.18 Å². The normalized spacial score (nSPS) is 25.3. The number of nitrogens with one attached hydrogen (secondary N) is 1. The number of carbonyl (C=O) groups is 1. The van der Waals surface area contributed by atoms with Gasteiger partial charge in [0.2, 0.25) is 5.91 Å². The lowest BCUT2D eigenvalue weighted by Gasteiger charge is -2.33. The fourth-order valence-electron chi connectivity index (χ4n) is 2.28. The number of piperidine rings is 1. The predicted molar refractivity (Wildman–Crippen MR) is 60.7 cm³/mol. The number of amides is 1. The van der Waals surface area contributed by atoms with Crippen molar-refractivity contribution in [2.24, 2.45) is 0 Å². The van der Waals surface area contributed by atoms with Crippen LogP contribution >= 0.6 is 0 Å². The highest BCUT2D eigenvalue weighted by molar-refractivity contribution is 5.88. The van der Waals surface area contributed by atoms with E-state index in [1.54, 1.807) is 6.07 Å². The molecule has 1 heterocycles. The van der Waals surface area contributed by atoms with E-state index in [1.807, 2.05) is 19.9 Å². The molecule has 1 unspecified atom stereocenters. The van der Waals surface area contributed by atoms with Gasteiger partial charge >= 0.3 is 0 Å². The van der Waals surface area contributed by atoms with Crippen LogP contribution in [0.4, 0.5) is 4.39 Å². The summed E-state index contributed by atoms with van der Waals surface area (Å²) >= 11 is 0. The Morgan fingerprint density at radius 3 is 2.81 bits per heavy atom. The fraction of sp³-hybridized carbons (Fsp3) is 0.462. The van der Waals surface area contributed by atoms with Crippen LogP contribution in [0.5, 0.6) is 0 Å². The lowest BCUT2D eigenvalue weighted by Crippen LogP contribution is -2.47. The van der Waals surface area contributed by atoms with E-state index < -0.39 is 5.41 Å². The minimum absolute atomic E-state index is 0.0681. The zero-order valence-electron chi connectivity index (χ0n) is 9.64. The Bertz CT molecular complexity index is 430. The quantitative estimate of drug-likeness (QED) is 0.774. The number of carbonyl (C=O) groups excluding carboxylic acids is 1. The molecular weight excluding hydrogens is 205 g/mol. The maximum absolute atomic E-state index is 13.9. The largest absolute Gasteiger partial charge is 0.355 e. The van der Waals surface area contributed by atoms with Gasteiger partial charge in [-0.2, -0.15) is 0 Å². The van der Waals surface area contributed by atoms with Gasteiger partial charge in [-0.1, -0.05) is 12.1 Å². The van der Waals surface area contributed by atoms with Crippen LogP contribution in [0.25, 0.3) is 0 Å². The molecular formula is C13H16FNO. The van der Waals surface area contributed by atoms with Crippen LogP contribution in [0.2, 0.25) is 0 Å². The first-order valence-corrected chi connectivity index (χ1v) is 5.59. The van der Waals surface area contributed by atoms with Crippen molar-refractivity contribution in [3.63, 3.8) is 0 Å². The smallest absolute Gasteiger partial charge is 0.230 e. The Labute approximate surface area is 94.9 Å². The first-order valence-electron chi connectivity index (χ1n) is 5.59. The second kappa shape index (κ2) is 3.89. The summed E-state index contributed by atoms with van der Waals surface area (Å²) in [7, 11) is 0. The van der Waals surface area contributed by atoms with Gasteiger partial charge in [-0.3, -0.25) is 4.79 Å². The molecule has 1 saturated heterocycles. The molecule has 1 aliphatic heterocycles. The summed E-state index contributed by atoms with van der Waals surface area (Å²) in [6.07, 6.45) is 1.61. The zero-order valence-corrected chi connectivity index (χ0v) is 9.64. The number of hydrogen-bond acceptors (Lipinski definition) is 1. The highest BCUT2D eigenvalue weighted by atomic mass is 19.1. The third-order valence-electron chi connectivity index (χ3n) is 3.36. The molecule has 0 aliphatic carbocycles. The number of aryl methyl sites for hydroxylation is 1. The Morgan fingerprint density at radius 1 is 1.44 bits per heavy atom. The Hall–Kier alpha value is -1.38. The molecule has 0 saturated carbocycles. The molecule has 0 spiro atoms. The van der Waals surface area contributed by atoms with E-state index in [4.69, 9.17) is 0 Å². The summed E-state index contributed by atoms with van der Waals surface area (Å²) in [6, 6.07) is 5.07. The summed E-state index contributed by atoms with van der Waals surface area (Å²) in [5.74, 6) is -0.346. The summed E-state index contributed by atoms with van der Waals surface area (Å²) < 4.78 is 13.9. The van der Waals surface area contributed by atoms with Gasteiger partial charge in [0, 0.05) is 12.1 Å². The maximum atomic E-state index is 13.9. The van der Waals surface area contributed by atoms with Gasteiger partial charge in [0.05, 0.1) is 5.41 Å². The standard InChI is InChI=1S/C13H16FNO/c1-9-4-5-10(11(14)8-9)13(2)6-3-7-15-12(13)16/h4-5,8H,3,6-7H2,1-2H3,(H,15,16). The van der Waals surface area contributed by atoms with E-state index in [2.05, 4.69) is 5.32 Å². The first kappa shape index (κ1) is 11.1. The van der Waals surface area contributed by atoms with Crippen molar-refractivity contribution in [2.45, 2.75) is 32.1 Å². The van der Waals surface area contributed by atoms with Crippen LogP contribution in [0.15, 0.2) is 18.2 Å². The van der Waals surface area contributed by atoms with Crippen molar-refractivity contribution < 1.29 is 9.18 Å². The van der Waals surface area contributed by atoms with E-state index in [-0.39, 0.29) is 11.7 Å². The number of rotatable bonds is 1. The molecule has 1 aliphatic rings. The zero-order chi connectivity index (χ0) is 11.8. The van der Waals surface area contributed by atoms with Gasteiger partial charge in [-0.15, -0.1) is 0 Å². The van der Waals surface area contributed by atoms with Gasteiger partial charge in [0.1, 0.15) is 5.82 Å². The molecule has 1 amide bonds. The summed E-state index contributed by atoms with van der Waals surface area (Å²) in [5.41, 5.74) is 0.673. The summed E-state index contributed by atoms with van der Waals surface area (Å²) in [4.78, 5) is 11.9. The summed E-state index contributed by atoms with van der Waals surface area (Å²) in [5, 5.41) is 2.81. The minimum atomic E-state index is -0.712. The Morgan fingerprint density at radius 2 is 2.19 bits per heavy atom. The van der Waals surface area contributed by atoms with Crippen LogP contribution in [0.1, 0.15) is 30.9 Å². The highest BCUT2D eigenvalue weighted by Gasteiger charge is 2.38. The Kier molecular flexibility index (Phi) is 2.70. The molecule has 1 fully saturated rings. The van der Waals surface area contributed by atoms with Crippen molar-refractivity contribution in [1.82, 2.24) is 5.32 Å². The van der Waals surface area contributed by atoms with Crippen molar-refractivity contribution in [3.05, 3.63) is 35.1 Å². The lowest BCUT2D eigenvalue weighted by atomic mass is 9.75.